The monoisotopic (exact) mass is 237 g/mol. The molecule has 3 heterocycles. The molecule has 6 nitrogen and oxygen atoms in total. The molecule has 7 heteroatoms. The summed E-state index contributed by atoms with van der Waals surface area (Å²) < 4.78 is 1.40. The average Bonchev–Trinajstić information content (AvgIpc) is 2.72. The number of nitrogens with one attached hydrogen (secondary N) is 1. The third-order valence-corrected chi connectivity index (χ3v) is 3.57. The Hall–Kier alpha value is -1.50. The zero-order valence-corrected chi connectivity index (χ0v) is 9.40. The second-order valence-electron chi connectivity index (χ2n) is 3.60. The smallest absolute Gasteiger partial charge is 0.348 e. The number of nitrogens with zero attached hydrogens (tertiary/aromatic N) is 4. The number of anilines is 1. The van der Waals surface area contributed by atoms with Gasteiger partial charge in [0.1, 0.15) is 12.1 Å². The largest absolute Gasteiger partial charge is 0.355 e. The maximum absolute atomic E-state index is 11.3. The van der Waals surface area contributed by atoms with Crippen LogP contribution in [0.1, 0.15) is 0 Å². The average molecular weight is 237 g/mol. The van der Waals surface area contributed by atoms with Crippen molar-refractivity contribution >= 4 is 23.2 Å². The first kappa shape index (κ1) is 9.71. The lowest BCUT2D eigenvalue weighted by Crippen LogP contribution is -2.33. The molecule has 0 amide bonds. The number of hydrogen-bond acceptors (Lipinski definition) is 5. The Balaban J connectivity index is 2.01. The van der Waals surface area contributed by atoms with Crippen molar-refractivity contribution in [3.63, 3.8) is 0 Å². The van der Waals surface area contributed by atoms with Gasteiger partial charge in [0.05, 0.1) is 0 Å². The van der Waals surface area contributed by atoms with E-state index in [-0.39, 0.29) is 5.69 Å². The molecule has 1 saturated heterocycles. The van der Waals surface area contributed by atoms with Gasteiger partial charge in [-0.1, -0.05) is 0 Å². The van der Waals surface area contributed by atoms with Gasteiger partial charge in [-0.25, -0.2) is 19.3 Å². The lowest BCUT2D eigenvalue weighted by Gasteiger charge is -2.27. The SMILES string of the molecule is O=c1[nH]nc2cc(N3CCSCC3)ncn12. The Morgan fingerprint density at radius 3 is 3.00 bits per heavy atom. The van der Waals surface area contributed by atoms with Crippen molar-refractivity contribution in [1.29, 1.82) is 0 Å². The van der Waals surface area contributed by atoms with Crippen molar-refractivity contribution in [2.24, 2.45) is 0 Å². The summed E-state index contributed by atoms with van der Waals surface area (Å²) in [6.45, 7) is 2.00. The number of rotatable bonds is 1. The van der Waals surface area contributed by atoms with Gasteiger partial charge in [0.15, 0.2) is 5.65 Å². The lowest BCUT2D eigenvalue weighted by molar-refractivity contribution is 0.832. The third-order valence-electron chi connectivity index (χ3n) is 2.63. The fourth-order valence-electron chi connectivity index (χ4n) is 1.77. The van der Waals surface area contributed by atoms with Gasteiger partial charge in [-0.15, -0.1) is 0 Å². The summed E-state index contributed by atoms with van der Waals surface area (Å²) in [6, 6.07) is 1.84. The molecule has 16 heavy (non-hydrogen) atoms. The number of aromatic nitrogens is 4. The molecule has 84 valence electrons. The van der Waals surface area contributed by atoms with E-state index in [4.69, 9.17) is 0 Å². The molecule has 2 aromatic rings. The van der Waals surface area contributed by atoms with E-state index in [1.807, 2.05) is 17.8 Å². The van der Waals surface area contributed by atoms with E-state index in [9.17, 15) is 4.79 Å². The number of thioether (sulfide) groups is 1. The minimum absolute atomic E-state index is 0.247. The fraction of sp³-hybridized carbons (Fsp3) is 0.444. The van der Waals surface area contributed by atoms with Crippen LogP contribution in [0.15, 0.2) is 17.2 Å². The van der Waals surface area contributed by atoms with Crippen LogP contribution in [0.3, 0.4) is 0 Å². The number of hydrogen-bond donors (Lipinski definition) is 1. The van der Waals surface area contributed by atoms with Gasteiger partial charge in [0.2, 0.25) is 0 Å². The van der Waals surface area contributed by atoms with E-state index in [2.05, 4.69) is 20.1 Å². The molecule has 0 aromatic carbocycles. The first-order chi connectivity index (χ1) is 7.84. The van der Waals surface area contributed by atoms with E-state index in [1.165, 1.54) is 10.7 Å². The van der Waals surface area contributed by atoms with Gasteiger partial charge < -0.3 is 4.90 Å². The summed E-state index contributed by atoms with van der Waals surface area (Å²) in [7, 11) is 0. The van der Waals surface area contributed by atoms with Crippen molar-refractivity contribution < 1.29 is 0 Å². The van der Waals surface area contributed by atoms with E-state index in [0.717, 1.165) is 30.4 Å². The Morgan fingerprint density at radius 1 is 1.38 bits per heavy atom. The molecule has 1 N–H and O–H groups in total. The lowest BCUT2D eigenvalue weighted by atomic mass is 10.4. The van der Waals surface area contributed by atoms with Gasteiger partial charge in [-0.3, -0.25) is 0 Å². The van der Waals surface area contributed by atoms with Crippen molar-refractivity contribution in [2.45, 2.75) is 0 Å². The minimum atomic E-state index is -0.247. The second kappa shape index (κ2) is 3.82. The standard InChI is InChI=1S/C9H11N5OS/c15-9-12-11-8-5-7(10-6-14(8)9)13-1-3-16-4-2-13/h5-6H,1-4H2,(H,12,15). The Labute approximate surface area is 95.7 Å². The Kier molecular flexibility index (Phi) is 2.32. The molecule has 0 saturated carbocycles. The van der Waals surface area contributed by atoms with Gasteiger partial charge >= 0.3 is 5.69 Å². The summed E-state index contributed by atoms with van der Waals surface area (Å²) >= 11 is 1.95. The molecule has 1 aliphatic rings. The Morgan fingerprint density at radius 2 is 2.19 bits per heavy atom. The first-order valence-electron chi connectivity index (χ1n) is 5.10. The molecule has 3 rings (SSSR count). The van der Waals surface area contributed by atoms with Crippen LogP contribution in [0.2, 0.25) is 0 Å². The summed E-state index contributed by atoms with van der Waals surface area (Å²) in [5.41, 5.74) is 0.372. The number of aromatic amines is 1. The summed E-state index contributed by atoms with van der Waals surface area (Å²) in [6.07, 6.45) is 1.53. The first-order valence-corrected chi connectivity index (χ1v) is 6.25. The van der Waals surface area contributed by atoms with Crippen LogP contribution in [-0.4, -0.2) is 44.2 Å². The minimum Gasteiger partial charge on any atom is -0.355 e. The highest BCUT2D eigenvalue weighted by atomic mass is 32.2. The molecule has 0 spiro atoms. The molecule has 0 bridgehead atoms. The van der Waals surface area contributed by atoms with Gasteiger partial charge in [0, 0.05) is 30.7 Å². The van der Waals surface area contributed by atoms with Crippen molar-refractivity contribution in [3.8, 4) is 0 Å². The summed E-state index contributed by atoms with van der Waals surface area (Å²) in [5, 5.41) is 6.33. The van der Waals surface area contributed by atoms with Gasteiger partial charge in [-0.2, -0.15) is 16.9 Å². The molecule has 0 atom stereocenters. The normalized spacial score (nSPS) is 16.9. The van der Waals surface area contributed by atoms with Crippen LogP contribution in [0, 0.1) is 0 Å². The van der Waals surface area contributed by atoms with Crippen LogP contribution in [0.25, 0.3) is 5.65 Å². The van der Waals surface area contributed by atoms with E-state index in [0.29, 0.717) is 5.65 Å². The topological polar surface area (TPSA) is 66.3 Å². The summed E-state index contributed by atoms with van der Waals surface area (Å²) in [5.74, 6) is 3.15. The predicted molar refractivity (Wildman–Crippen MR) is 63.1 cm³/mol. The van der Waals surface area contributed by atoms with Crippen LogP contribution < -0.4 is 10.6 Å². The predicted octanol–water partition coefficient (Wildman–Crippen LogP) is -0.0292. The highest BCUT2D eigenvalue weighted by molar-refractivity contribution is 7.99. The van der Waals surface area contributed by atoms with Crippen LogP contribution in [-0.2, 0) is 0 Å². The van der Waals surface area contributed by atoms with Crippen molar-refractivity contribution in [2.75, 3.05) is 29.5 Å². The van der Waals surface area contributed by atoms with Crippen molar-refractivity contribution in [1.82, 2.24) is 19.6 Å². The van der Waals surface area contributed by atoms with Crippen molar-refractivity contribution in [3.05, 3.63) is 22.9 Å². The molecular formula is C9H11N5OS. The van der Waals surface area contributed by atoms with Crippen LogP contribution >= 0.6 is 11.8 Å². The number of H-pyrrole nitrogens is 1. The van der Waals surface area contributed by atoms with Crippen LogP contribution in [0.5, 0.6) is 0 Å². The quantitative estimate of drug-likeness (QED) is 0.754. The fourth-order valence-corrected chi connectivity index (χ4v) is 2.67. The third kappa shape index (κ3) is 1.57. The van der Waals surface area contributed by atoms with Crippen LogP contribution in [0.4, 0.5) is 5.82 Å². The molecule has 0 radical (unpaired) electrons. The maximum Gasteiger partial charge on any atom is 0.348 e. The molecule has 1 aliphatic heterocycles. The zero-order chi connectivity index (χ0) is 11.0. The van der Waals surface area contributed by atoms with Gasteiger partial charge in [-0.05, 0) is 0 Å². The highest BCUT2D eigenvalue weighted by Gasteiger charge is 2.13. The highest BCUT2D eigenvalue weighted by Crippen LogP contribution is 2.17. The molecule has 2 aromatic heterocycles. The van der Waals surface area contributed by atoms with Gasteiger partial charge in [0.25, 0.3) is 0 Å². The Bertz CT molecular complexity index is 556. The second-order valence-corrected chi connectivity index (χ2v) is 4.83. The molecule has 0 unspecified atom stereocenters. The summed E-state index contributed by atoms with van der Waals surface area (Å²) in [4.78, 5) is 17.8. The molecular weight excluding hydrogens is 226 g/mol. The number of fused-ring (bicyclic) bond motifs is 1. The molecule has 0 aliphatic carbocycles. The maximum atomic E-state index is 11.3. The zero-order valence-electron chi connectivity index (χ0n) is 8.59. The molecule has 1 fully saturated rings. The van der Waals surface area contributed by atoms with E-state index >= 15 is 0 Å². The van der Waals surface area contributed by atoms with E-state index < -0.39 is 0 Å². The van der Waals surface area contributed by atoms with E-state index in [1.54, 1.807) is 0 Å².